The van der Waals surface area contributed by atoms with E-state index in [9.17, 15) is 9.59 Å². The van der Waals surface area contributed by atoms with E-state index >= 15 is 0 Å². The summed E-state index contributed by atoms with van der Waals surface area (Å²) in [6, 6.07) is 7.40. The summed E-state index contributed by atoms with van der Waals surface area (Å²) < 4.78 is 5.69. The molecule has 2 aliphatic heterocycles. The van der Waals surface area contributed by atoms with Gasteiger partial charge in [-0.2, -0.15) is 0 Å². The Labute approximate surface area is 176 Å². The van der Waals surface area contributed by atoms with Crippen molar-refractivity contribution < 1.29 is 14.0 Å². The van der Waals surface area contributed by atoms with Crippen molar-refractivity contribution in [2.24, 2.45) is 0 Å². The molecule has 2 saturated heterocycles. The second-order valence-corrected chi connectivity index (χ2v) is 8.51. The Hall–Kier alpha value is -2.42. The van der Waals surface area contributed by atoms with Gasteiger partial charge in [0.2, 0.25) is 0 Å². The molecule has 5 rings (SSSR count). The highest BCUT2D eigenvalue weighted by Crippen LogP contribution is 2.26. The molecular formula is C20H19ClN4O3S. The van der Waals surface area contributed by atoms with E-state index in [1.807, 2.05) is 4.90 Å². The maximum Gasteiger partial charge on any atom is 0.289 e. The molecule has 29 heavy (non-hydrogen) atoms. The van der Waals surface area contributed by atoms with E-state index in [4.69, 9.17) is 16.0 Å². The van der Waals surface area contributed by atoms with Crippen molar-refractivity contribution in [3.63, 3.8) is 0 Å². The van der Waals surface area contributed by atoms with Crippen LogP contribution in [0.5, 0.6) is 0 Å². The first-order valence-electron chi connectivity index (χ1n) is 9.48. The van der Waals surface area contributed by atoms with E-state index in [0.717, 1.165) is 18.5 Å². The number of nitrogens with zero attached hydrogens (tertiary/aromatic N) is 4. The minimum absolute atomic E-state index is 0.00121. The first-order chi connectivity index (χ1) is 14.1. The molecule has 0 saturated carbocycles. The van der Waals surface area contributed by atoms with Gasteiger partial charge in [-0.25, -0.2) is 4.98 Å². The molecule has 4 heterocycles. The van der Waals surface area contributed by atoms with Crippen LogP contribution in [0.4, 0.5) is 0 Å². The van der Waals surface area contributed by atoms with Gasteiger partial charge in [0.15, 0.2) is 5.76 Å². The summed E-state index contributed by atoms with van der Waals surface area (Å²) >= 11 is 7.43. The number of likely N-dealkylation sites (tertiary alicyclic amines) is 1. The van der Waals surface area contributed by atoms with Crippen LogP contribution in [0.3, 0.4) is 0 Å². The van der Waals surface area contributed by atoms with Gasteiger partial charge in [0, 0.05) is 61.1 Å². The van der Waals surface area contributed by atoms with Gasteiger partial charge in [0.25, 0.3) is 11.8 Å². The Balaban J connectivity index is 1.15. The zero-order valence-electron chi connectivity index (χ0n) is 15.6. The highest BCUT2D eigenvalue weighted by atomic mass is 35.5. The van der Waals surface area contributed by atoms with Crippen molar-refractivity contribution in [2.45, 2.75) is 6.04 Å². The summed E-state index contributed by atoms with van der Waals surface area (Å²) in [5, 5.41) is 3.24. The number of piperazine rings is 1. The Bertz CT molecular complexity index is 1050. The topological polar surface area (TPSA) is 69.9 Å². The summed E-state index contributed by atoms with van der Waals surface area (Å²) in [6.07, 6.45) is 0. The average Bonchev–Trinajstić information content (AvgIpc) is 3.36. The third kappa shape index (κ3) is 3.52. The fraction of sp³-hybridized carbons (Fsp3) is 0.350. The lowest BCUT2D eigenvalue weighted by atomic mass is 10.1. The molecule has 150 valence electrons. The molecule has 1 aromatic carbocycles. The standard InChI is InChI=1S/C20H19ClN4O3S/c21-14-1-2-17-13(7-14)8-18(28-17)20(27)25-9-15(10-25)23-3-5-24(6-4-23)19(26)16-11-29-12-22-16/h1-2,7-8,11-12,15H,3-6,9-10H2. The molecule has 0 spiro atoms. The molecule has 0 radical (unpaired) electrons. The largest absolute Gasteiger partial charge is 0.451 e. The number of rotatable bonds is 3. The number of aromatic nitrogens is 1. The van der Waals surface area contributed by atoms with E-state index in [2.05, 4.69) is 9.88 Å². The van der Waals surface area contributed by atoms with Crippen molar-refractivity contribution in [3.05, 3.63) is 51.6 Å². The van der Waals surface area contributed by atoms with Crippen LogP contribution >= 0.6 is 22.9 Å². The van der Waals surface area contributed by atoms with E-state index in [-0.39, 0.29) is 11.8 Å². The normalized spacial score (nSPS) is 18.2. The summed E-state index contributed by atoms with van der Waals surface area (Å²) in [4.78, 5) is 35.2. The van der Waals surface area contributed by atoms with Gasteiger partial charge in [0.05, 0.1) is 5.51 Å². The molecule has 7 nitrogen and oxygen atoms in total. The third-order valence-electron chi connectivity index (χ3n) is 5.61. The third-order valence-corrected chi connectivity index (χ3v) is 6.43. The van der Waals surface area contributed by atoms with E-state index in [1.165, 1.54) is 11.3 Å². The van der Waals surface area contributed by atoms with Gasteiger partial charge in [-0.15, -0.1) is 11.3 Å². The monoisotopic (exact) mass is 430 g/mol. The van der Waals surface area contributed by atoms with Gasteiger partial charge in [-0.3, -0.25) is 14.5 Å². The molecule has 2 amide bonds. The van der Waals surface area contributed by atoms with Crippen LogP contribution < -0.4 is 0 Å². The molecular weight excluding hydrogens is 412 g/mol. The van der Waals surface area contributed by atoms with Gasteiger partial charge in [-0.1, -0.05) is 11.6 Å². The number of hydrogen-bond donors (Lipinski definition) is 0. The van der Waals surface area contributed by atoms with E-state index in [0.29, 0.717) is 54.3 Å². The van der Waals surface area contributed by atoms with Crippen LogP contribution in [0.2, 0.25) is 5.02 Å². The fourth-order valence-electron chi connectivity index (χ4n) is 3.90. The fourth-order valence-corrected chi connectivity index (χ4v) is 4.60. The number of benzene rings is 1. The molecule has 2 aliphatic rings. The summed E-state index contributed by atoms with van der Waals surface area (Å²) in [6.45, 7) is 4.35. The Morgan fingerprint density at radius 2 is 1.86 bits per heavy atom. The van der Waals surface area contributed by atoms with Crippen LogP contribution in [0.25, 0.3) is 11.0 Å². The number of furan rings is 1. The number of thiazole rings is 1. The SMILES string of the molecule is O=C(c1cscn1)N1CCN(C2CN(C(=O)c3cc4cc(Cl)ccc4o3)C2)CC1. The molecule has 0 aliphatic carbocycles. The van der Waals surface area contributed by atoms with Crippen LogP contribution in [0.1, 0.15) is 21.0 Å². The van der Waals surface area contributed by atoms with Crippen molar-refractivity contribution >= 4 is 45.7 Å². The first-order valence-corrected chi connectivity index (χ1v) is 10.8. The number of carbonyl (C=O) groups is 2. The number of carbonyl (C=O) groups excluding carboxylic acids is 2. The minimum Gasteiger partial charge on any atom is -0.451 e. The predicted molar refractivity (Wildman–Crippen MR) is 111 cm³/mol. The molecule has 9 heteroatoms. The first kappa shape index (κ1) is 18.6. The van der Waals surface area contributed by atoms with Crippen LogP contribution in [0.15, 0.2) is 39.6 Å². The smallest absolute Gasteiger partial charge is 0.289 e. The second-order valence-electron chi connectivity index (χ2n) is 7.36. The maximum absolute atomic E-state index is 12.7. The average molecular weight is 431 g/mol. The Morgan fingerprint density at radius 1 is 1.07 bits per heavy atom. The van der Waals surface area contributed by atoms with Crippen molar-refractivity contribution in [1.29, 1.82) is 0 Å². The Kier molecular flexibility index (Phi) is 4.77. The quantitative estimate of drug-likeness (QED) is 0.639. The summed E-state index contributed by atoms with van der Waals surface area (Å²) in [7, 11) is 0. The molecule has 0 bridgehead atoms. The van der Waals surface area contributed by atoms with Gasteiger partial charge in [0.1, 0.15) is 11.3 Å². The molecule has 2 fully saturated rings. The molecule has 0 unspecified atom stereocenters. The Morgan fingerprint density at radius 3 is 2.59 bits per heavy atom. The van der Waals surface area contributed by atoms with Crippen LogP contribution in [-0.2, 0) is 0 Å². The van der Waals surface area contributed by atoms with Crippen molar-refractivity contribution in [1.82, 2.24) is 19.7 Å². The number of hydrogen-bond acceptors (Lipinski definition) is 6. The summed E-state index contributed by atoms with van der Waals surface area (Å²) in [5.74, 6) is 0.256. The number of halogens is 1. The highest BCUT2D eigenvalue weighted by Gasteiger charge is 2.38. The lowest BCUT2D eigenvalue weighted by molar-refractivity contribution is 0.00700. The molecule has 0 atom stereocenters. The number of amides is 2. The predicted octanol–water partition coefficient (Wildman–Crippen LogP) is 2.83. The lowest BCUT2D eigenvalue weighted by Crippen LogP contribution is -2.64. The van der Waals surface area contributed by atoms with E-state index < -0.39 is 0 Å². The van der Waals surface area contributed by atoms with Crippen LogP contribution in [-0.4, -0.2) is 76.8 Å². The summed E-state index contributed by atoms with van der Waals surface area (Å²) in [5.41, 5.74) is 2.87. The van der Waals surface area contributed by atoms with Crippen molar-refractivity contribution in [2.75, 3.05) is 39.3 Å². The number of fused-ring (bicyclic) bond motifs is 1. The maximum atomic E-state index is 12.7. The van der Waals surface area contributed by atoms with Gasteiger partial charge >= 0.3 is 0 Å². The van der Waals surface area contributed by atoms with Gasteiger partial charge in [-0.05, 0) is 24.3 Å². The van der Waals surface area contributed by atoms with Crippen LogP contribution in [0, 0.1) is 0 Å². The zero-order valence-corrected chi connectivity index (χ0v) is 17.2. The highest BCUT2D eigenvalue weighted by molar-refractivity contribution is 7.07. The molecule has 0 N–H and O–H groups in total. The molecule has 3 aromatic rings. The van der Waals surface area contributed by atoms with E-state index in [1.54, 1.807) is 40.1 Å². The van der Waals surface area contributed by atoms with Crippen molar-refractivity contribution in [3.8, 4) is 0 Å². The zero-order chi connectivity index (χ0) is 20.0. The minimum atomic E-state index is -0.0917. The van der Waals surface area contributed by atoms with Gasteiger partial charge < -0.3 is 14.2 Å². The second kappa shape index (κ2) is 7.44. The lowest BCUT2D eigenvalue weighted by Gasteiger charge is -2.47. The molecule has 2 aromatic heterocycles.